The van der Waals surface area contributed by atoms with Gasteiger partial charge in [0.25, 0.3) is 11.8 Å². The lowest BCUT2D eigenvalue weighted by Gasteiger charge is -2.47. The minimum absolute atomic E-state index is 0.281. The topological polar surface area (TPSA) is 74.7 Å². The Bertz CT molecular complexity index is 1280. The van der Waals surface area contributed by atoms with Crippen LogP contribution in [0, 0.1) is 7.14 Å². The number of fused-ring (bicyclic) bond motifs is 1. The molecule has 0 unspecified atom stereocenters. The van der Waals surface area contributed by atoms with E-state index in [1.54, 1.807) is 12.1 Å². The van der Waals surface area contributed by atoms with Gasteiger partial charge in [0.2, 0.25) is 0 Å². The predicted octanol–water partition coefficient (Wildman–Crippen LogP) is 9.09. The van der Waals surface area contributed by atoms with Gasteiger partial charge >= 0.3 is 5.97 Å². The standard InChI is InChI=1S/C34H49I2NO4Si2/c1-18(2)42(19(3)4,20(5)6)25-13-24(14-26(15-25)43(21(7)8,22(9)10)23(11)12)31(34(40)41)37-32(38)27-16-29(35)30(36)17-28(27)33(37)39/h13-23,31H,1-12H3,(H,40,41)/t31-/m0/s1. The first-order valence-corrected chi connectivity index (χ1v) is 22.2. The van der Waals surface area contributed by atoms with E-state index in [4.69, 9.17) is 0 Å². The van der Waals surface area contributed by atoms with E-state index in [0.29, 0.717) is 38.8 Å². The lowest BCUT2D eigenvalue weighted by Crippen LogP contribution is -2.60. The van der Waals surface area contributed by atoms with Crippen LogP contribution in [0.4, 0.5) is 0 Å². The molecule has 0 saturated heterocycles. The molecule has 0 saturated carbocycles. The molecule has 2 aromatic carbocycles. The quantitative estimate of drug-likeness (QED) is 0.139. The number of carbonyl (C=O) groups is 3. The van der Waals surface area contributed by atoms with Crippen LogP contribution in [0.1, 0.15) is 115 Å². The molecule has 1 aliphatic heterocycles. The van der Waals surface area contributed by atoms with Gasteiger partial charge in [-0.1, -0.05) is 112 Å². The summed E-state index contributed by atoms with van der Waals surface area (Å²) in [6.07, 6.45) is 0. The number of carbonyl (C=O) groups excluding carboxylic acids is 2. The molecule has 9 heteroatoms. The third-order valence-electron chi connectivity index (χ3n) is 10.5. The molecule has 2 amide bonds. The van der Waals surface area contributed by atoms with E-state index in [9.17, 15) is 19.5 Å². The number of carboxylic acid groups (broad SMARTS) is 1. The van der Waals surface area contributed by atoms with Crippen LogP contribution in [-0.4, -0.2) is 43.9 Å². The number of nitrogens with zero attached hydrogens (tertiary/aromatic N) is 1. The van der Waals surface area contributed by atoms with Crippen LogP contribution < -0.4 is 10.4 Å². The van der Waals surface area contributed by atoms with Crippen molar-refractivity contribution in [3.63, 3.8) is 0 Å². The van der Waals surface area contributed by atoms with Crippen LogP contribution >= 0.6 is 45.2 Å². The van der Waals surface area contributed by atoms with Crippen molar-refractivity contribution in [1.82, 2.24) is 4.90 Å². The minimum Gasteiger partial charge on any atom is -0.479 e. The smallest absolute Gasteiger partial charge is 0.331 e. The summed E-state index contributed by atoms with van der Waals surface area (Å²) < 4.78 is 1.72. The number of hydrogen-bond donors (Lipinski definition) is 1. The maximum atomic E-state index is 13.9. The van der Waals surface area contributed by atoms with Crippen molar-refractivity contribution in [2.45, 2.75) is 122 Å². The van der Waals surface area contributed by atoms with Gasteiger partial charge in [-0.05, 0) is 96.1 Å². The molecule has 0 spiro atoms. The molecule has 3 rings (SSSR count). The summed E-state index contributed by atoms with van der Waals surface area (Å²) in [5, 5.41) is 13.3. The molecule has 2 aromatic rings. The summed E-state index contributed by atoms with van der Waals surface area (Å²) in [4.78, 5) is 42.0. The summed E-state index contributed by atoms with van der Waals surface area (Å²) in [6, 6.07) is 8.62. The normalized spacial score (nSPS) is 15.2. The Kier molecular flexibility index (Phi) is 11.3. The third-order valence-corrected chi connectivity index (χ3v) is 27.3. The van der Waals surface area contributed by atoms with E-state index in [0.717, 1.165) is 12.0 Å². The second kappa shape index (κ2) is 13.4. The van der Waals surface area contributed by atoms with E-state index in [1.807, 2.05) is 0 Å². The highest BCUT2D eigenvalue weighted by molar-refractivity contribution is 14.1. The van der Waals surface area contributed by atoms with Crippen molar-refractivity contribution < 1.29 is 19.5 Å². The van der Waals surface area contributed by atoms with Gasteiger partial charge in [0.05, 0.1) is 27.3 Å². The summed E-state index contributed by atoms with van der Waals surface area (Å²) in [7, 11) is -4.49. The SMILES string of the molecule is CC(C)[Si](c1cc([C@@H](C(=O)O)N2C(=O)c3cc(I)c(I)cc3C2=O)cc([Si](C(C)C)(C(C)C)C(C)C)c1)(C(C)C)C(C)C. The monoisotopic (exact) mass is 845 g/mol. The second-order valence-electron chi connectivity index (χ2n) is 14.2. The zero-order valence-electron chi connectivity index (χ0n) is 27.8. The molecular weight excluding hydrogens is 796 g/mol. The van der Waals surface area contributed by atoms with Gasteiger partial charge in [-0.25, -0.2) is 4.79 Å². The Labute approximate surface area is 288 Å². The molecule has 43 heavy (non-hydrogen) atoms. The highest BCUT2D eigenvalue weighted by Gasteiger charge is 2.50. The van der Waals surface area contributed by atoms with E-state index in [2.05, 4.69) is 146 Å². The molecule has 1 N–H and O–H groups in total. The van der Waals surface area contributed by atoms with Crippen molar-refractivity contribution in [2.24, 2.45) is 0 Å². The van der Waals surface area contributed by atoms with Gasteiger partial charge in [0, 0.05) is 7.14 Å². The van der Waals surface area contributed by atoms with Crippen molar-refractivity contribution in [3.05, 3.63) is 54.2 Å². The zero-order valence-corrected chi connectivity index (χ0v) is 34.1. The summed E-state index contributed by atoms with van der Waals surface area (Å²) in [5.74, 6) is -2.25. The van der Waals surface area contributed by atoms with E-state index in [-0.39, 0.29) is 11.1 Å². The zero-order chi connectivity index (χ0) is 32.9. The van der Waals surface area contributed by atoms with E-state index in [1.165, 1.54) is 10.4 Å². The fourth-order valence-electron chi connectivity index (χ4n) is 9.20. The van der Waals surface area contributed by atoms with Crippen LogP contribution in [0.5, 0.6) is 0 Å². The average molecular weight is 846 g/mol. The molecule has 0 radical (unpaired) electrons. The number of carboxylic acids is 1. The average Bonchev–Trinajstić information content (AvgIpc) is 3.08. The van der Waals surface area contributed by atoms with Gasteiger partial charge in [-0.3, -0.25) is 14.5 Å². The number of aliphatic carboxylic acids is 1. The molecule has 0 aliphatic carbocycles. The number of benzene rings is 2. The Morgan fingerprint density at radius 1 is 0.605 bits per heavy atom. The fourth-order valence-corrected chi connectivity index (χ4v) is 23.9. The van der Waals surface area contributed by atoms with Crippen LogP contribution in [0.3, 0.4) is 0 Å². The Hall–Kier alpha value is -1.06. The van der Waals surface area contributed by atoms with Crippen LogP contribution in [0.25, 0.3) is 0 Å². The van der Waals surface area contributed by atoms with E-state index < -0.39 is 40.0 Å². The molecule has 1 aliphatic rings. The van der Waals surface area contributed by atoms with Crippen molar-refractivity contribution in [1.29, 1.82) is 0 Å². The Balaban J connectivity index is 2.49. The molecule has 0 fully saturated rings. The number of rotatable bonds is 11. The first kappa shape index (κ1) is 36.4. The van der Waals surface area contributed by atoms with E-state index >= 15 is 0 Å². The molecule has 1 atom stereocenters. The number of hydrogen-bond acceptors (Lipinski definition) is 3. The summed E-state index contributed by atoms with van der Waals surface area (Å²) in [5.41, 5.74) is 3.59. The Morgan fingerprint density at radius 3 is 1.16 bits per heavy atom. The maximum absolute atomic E-state index is 13.9. The lowest BCUT2D eigenvalue weighted by atomic mass is 10.1. The Morgan fingerprint density at radius 2 is 0.907 bits per heavy atom. The molecule has 5 nitrogen and oxygen atoms in total. The molecule has 0 bridgehead atoms. The molecule has 1 heterocycles. The lowest BCUT2D eigenvalue weighted by molar-refractivity contribution is -0.141. The summed E-state index contributed by atoms with van der Waals surface area (Å²) in [6.45, 7) is 27.8. The third kappa shape index (κ3) is 5.86. The molecule has 0 aromatic heterocycles. The maximum Gasteiger partial charge on any atom is 0.331 e. The van der Waals surface area contributed by atoms with Crippen molar-refractivity contribution in [2.75, 3.05) is 0 Å². The van der Waals surface area contributed by atoms with Crippen LogP contribution in [-0.2, 0) is 4.79 Å². The summed E-state index contributed by atoms with van der Waals surface area (Å²) >= 11 is 4.30. The number of imide groups is 1. The predicted molar refractivity (Wildman–Crippen MR) is 201 cm³/mol. The first-order valence-electron chi connectivity index (χ1n) is 15.5. The minimum atomic E-state index is -2.24. The highest BCUT2D eigenvalue weighted by atomic mass is 127. The van der Waals surface area contributed by atoms with Gasteiger partial charge in [-0.2, -0.15) is 0 Å². The van der Waals surface area contributed by atoms with Crippen molar-refractivity contribution in [3.8, 4) is 0 Å². The van der Waals surface area contributed by atoms with Gasteiger partial charge in [0.1, 0.15) is 0 Å². The van der Waals surface area contributed by atoms with Gasteiger partial charge in [-0.15, -0.1) is 0 Å². The second-order valence-corrected chi connectivity index (χ2v) is 28.3. The fraction of sp³-hybridized carbons (Fsp3) is 0.559. The van der Waals surface area contributed by atoms with Crippen molar-refractivity contribution >= 4 is 89.5 Å². The van der Waals surface area contributed by atoms with Crippen LogP contribution in [0.15, 0.2) is 30.3 Å². The molecular formula is C34H49I2NO4Si2. The molecule has 236 valence electrons. The van der Waals surface area contributed by atoms with Gasteiger partial charge in [0.15, 0.2) is 6.04 Å². The number of amides is 2. The van der Waals surface area contributed by atoms with Gasteiger partial charge < -0.3 is 5.11 Å². The first-order chi connectivity index (χ1) is 19.8. The largest absolute Gasteiger partial charge is 0.479 e. The van der Waals surface area contributed by atoms with Crippen LogP contribution in [0.2, 0.25) is 33.2 Å². The highest BCUT2D eigenvalue weighted by Crippen LogP contribution is 2.45. The number of halogens is 2.